The van der Waals surface area contributed by atoms with Crippen LogP contribution in [-0.4, -0.2) is 23.9 Å². The summed E-state index contributed by atoms with van der Waals surface area (Å²) in [4.78, 5) is 16.5. The third-order valence-electron chi connectivity index (χ3n) is 5.08. The number of benzene rings is 1. The van der Waals surface area contributed by atoms with E-state index in [0.717, 1.165) is 18.5 Å². The Bertz CT molecular complexity index is 816. The first-order valence-electron chi connectivity index (χ1n) is 8.59. The van der Waals surface area contributed by atoms with Crippen LogP contribution in [0.1, 0.15) is 34.9 Å². The number of aryl methyl sites for hydroxylation is 1. The van der Waals surface area contributed by atoms with E-state index in [4.69, 9.17) is 23.2 Å². The Morgan fingerprint density at radius 3 is 2.88 bits per heavy atom. The maximum atomic E-state index is 12.7. The molecule has 0 unspecified atom stereocenters. The maximum Gasteiger partial charge on any atom is 0.238 e. The van der Waals surface area contributed by atoms with Gasteiger partial charge in [0.2, 0.25) is 5.91 Å². The molecule has 1 amide bonds. The van der Waals surface area contributed by atoms with Crippen molar-refractivity contribution < 1.29 is 4.79 Å². The lowest BCUT2D eigenvalue weighted by atomic mass is 9.96. The molecule has 0 saturated heterocycles. The lowest BCUT2D eigenvalue weighted by molar-refractivity contribution is -0.118. The van der Waals surface area contributed by atoms with Crippen LogP contribution in [0.3, 0.4) is 0 Å². The minimum atomic E-state index is -0.0567. The van der Waals surface area contributed by atoms with Crippen LogP contribution in [-0.2, 0) is 11.2 Å². The van der Waals surface area contributed by atoms with Gasteiger partial charge in [0.1, 0.15) is 0 Å². The fourth-order valence-corrected chi connectivity index (χ4v) is 5.05. The number of amides is 1. The normalized spacial score (nSPS) is 20.4. The van der Waals surface area contributed by atoms with Crippen LogP contribution >= 0.6 is 34.5 Å². The maximum absolute atomic E-state index is 12.7. The second kappa shape index (κ2) is 6.92. The van der Waals surface area contributed by atoms with Gasteiger partial charge in [0, 0.05) is 17.5 Å². The first-order valence-corrected chi connectivity index (χ1v) is 10.2. The number of nitrogens with one attached hydrogen (secondary N) is 1. The molecule has 1 aromatic carbocycles. The summed E-state index contributed by atoms with van der Waals surface area (Å²) in [6, 6.07) is 6.24. The van der Waals surface area contributed by atoms with Crippen molar-refractivity contribution in [2.24, 2.45) is 5.92 Å². The Kier molecular flexibility index (Phi) is 4.80. The molecule has 6 heteroatoms. The quantitative estimate of drug-likeness (QED) is 0.761. The molecule has 1 N–H and O–H groups in total. The number of rotatable bonds is 4. The molecule has 2 heterocycles. The van der Waals surface area contributed by atoms with Crippen molar-refractivity contribution in [3.8, 4) is 0 Å². The number of halogens is 2. The third kappa shape index (κ3) is 3.45. The lowest BCUT2D eigenvalue weighted by Crippen LogP contribution is -2.41. The fourth-order valence-electron chi connectivity index (χ4n) is 3.67. The zero-order valence-electron chi connectivity index (χ0n) is 14.0. The van der Waals surface area contributed by atoms with E-state index >= 15 is 0 Å². The van der Waals surface area contributed by atoms with E-state index in [0.29, 0.717) is 34.2 Å². The van der Waals surface area contributed by atoms with E-state index in [9.17, 15) is 4.79 Å². The number of carbonyl (C=O) groups is 1. The molecular formula is C19H20Cl2N2OS. The molecule has 132 valence electrons. The van der Waals surface area contributed by atoms with Gasteiger partial charge in [-0.2, -0.15) is 0 Å². The molecule has 2 aromatic rings. The van der Waals surface area contributed by atoms with Crippen LogP contribution in [0.25, 0.3) is 0 Å². The van der Waals surface area contributed by atoms with Crippen molar-refractivity contribution in [2.45, 2.75) is 32.2 Å². The molecule has 0 spiro atoms. The first-order chi connectivity index (χ1) is 12.0. The molecule has 1 aliphatic carbocycles. The Morgan fingerprint density at radius 1 is 1.32 bits per heavy atom. The highest BCUT2D eigenvalue weighted by Gasteiger charge is 2.40. The summed E-state index contributed by atoms with van der Waals surface area (Å²) in [5.41, 5.74) is 2.85. The van der Waals surface area contributed by atoms with Gasteiger partial charge in [0.15, 0.2) is 0 Å². The molecule has 1 fully saturated rings. The van der Waals surface area contributed by atoms with Crippen molar-refractivity contribution in [3.05, 3.63) is 49.6 Å². The molecule has 1 atom stereocenters. The third-order valence-corrected chi connectivity index (χ3v) is 6.88. The van der Waals surface area contributed by atoms with Gasteiger partial charge < -0.3 is 5.32 Å². The standard InChI is InChI=1S/C19H20Cl2N2OS/c1-11-2-5-14(20)18(17(11)21)22-16(24)10-23-8-6-15-13(7-9-25-15)19(23)12-3-4-12/h2,5,7,9,12,19H,3-4,6,8,10H2,1H3,(H,22,24)/t19-/m1/s1. The van der Waals surface area contributed by atoms with Crippen LogP contribution in [0, 0.1) is 12.8 Å². The van der Waals surface area contributed by atoms with Crippen LogP contribution < -0.4 is 5.32 Å². The summed E-state index contributed by atoms with van der Waals surface area (Å²) in [5, 5.41) is 6.08. The second-order valence-electron chi connectivity index (χ2n) is 6.90. The zero-order chi connectivity index (χ0) is 17.6. The molecule has 0 radical (unpaired) electrons. The van der Waals surface area contributed by atoms with Crippen molar-refractivity contribution in [1.29, 1.82) is 0 Å². The molecular weight excluding hydrogens is 375 g/mol. The minimum absolute atomic E-state index is 0.0567. The van der Waals surface area contributed by atoms with Crippen molar-refractivity contribution >= 4 is 46.1 Å². The van der Waals surface area contributed by atoms with Gasteiger partial charge in [-0.1, -0.05) is 29.3 Å². The van der Waals surface area contributed by atoms with Gasteiger partial charge in [-0.05, 0) is 60.7 Å². The van der Waals surface area contributed by atoms with E-state index in [2.05, 4.69) is 21.7 Å². The summed E-state index contributed by atoms with van der Waals surface area (Å²) < 4.78 is 0. The highest BCUT2D eigenvalue weighted by molar-refractivity contribution is 7.10. The molecule has 25 heavy (non-hydrogen) atoms. The molecule has 1 saturated carbocycles. The largest absolute Gasteiger partial charge is 0.322 e. The van der Waals surface area contributed by atoms with Crippen LogP contribution in [0.2, 0.25) is 10.0 Å². The average Bonchev–Trinajstić information content (AvgIpc) is 3.31. The summed E-state index contributed by atoms with van der Waals surface area (Å²) in [7, 11) is 0. The van der Waals surface area contributed by atoms with Crippen LogP contribution in [0.15, 0.2) is 23.6 Å². The summed E-state index contributed by atoms with van der Waals surface area (Å²) in [6.45, 7) is 3.20. The Hall–Kier alpha value is -1.07. The van der Waals surface area contributed by atoms with Gasteiger partial charge in [0.25, 0.3) is 0 Å². The Balaban J connectivity index is 1.51. The Labute approximate surface area is 161 Å². The second-order valence-corrected chi connectivity index (χ2v) is 8.69. The van der Waals surface area contributed by atoms with E-state index < -0.39 is 0 Å². The predicted octanol–water partition coefficient (Wildman–Crippen LogP) is 5.31. The smallest absolute Gasteiger partial charge is 0.238 e. The molecule has 0 bridgehead atoms. The first kappa shape index (κ1) is 17.3. The molecule has 1 aromatic heterocycles. The number of nitrogens with zero attached hydrogens (tertiary/aromatic N) is 1. The van der Waals surface area contributed by atoms with Gasteiger partial charge >= 0.3 is 0 Å². The van der Waals surface area contributed by atoms with Crippen molar-refractivity contribution in [1.82, 2.24) is 4.90 Å². The SMILES string of the molecule is Cc1ccc(Cl)c(NC(=O)CN2CCc3sccc3[C@H]2C2CC2)c1Cl. The topological polar surface area (TPSA) is 32.3 Å². The highest BCUT2D eigenvalue weighted by Crippen LogP contribution is 2.48. The number of carbonyl (C=O) groups excluding carboxylic acids is 1. The number of hydrogen-bond acceptors (Lipinski definition) is 3. The van der Waals surface area contributed by atoms with Crippen molar-refractivity contribution in [3.63, 3.8) is 0 Å². The summed E-state index contributed by atoms with van der Waals surface area (Å²) in [6.07, 6.45) is 3.54. The van der Waals surface area contributed by atoms with Gasteiger partial charge in [0.05, 0.1) is 22.3 Å². The molecule has 1 aliphatic heterocycles. The monoisotopic (exact) mass is 394 g/mol. The molecule has 4 rings (SSSR count). The van der Waals surface area contributed by atoms with E-state index in [-0.39, 0.29) is 5.91 Å². The summed E-state index contributed by atoms with van der Waals surface area (Å²) >= 11 is 14.4. The van der Waals surface area contributed by atoms with Gasteiger partial charge in [-0.3, -0.25) is 9.69 Å². The van der Waals surface area contributed by atoms with E-state index in [1.165, 1.54) is 23.3 Å². The van der Waals surface area contributed by atoms with E-state index in [1.807, 2.05) is 24.3 Å². The number of fused-ring (bicyclic) bond motifs is 1. The average molecular weight is 395 g/mol. The number of thiophene rings is 1. The number of hydrogen-bond donors (Lipinski definition) is 1. The van der Waals surface area contributed by atoms with Crippen LogP contribution in [0.4, 0.5) is 5.69 Å². The molecule has 2 aliphatic rings. The van der Waals surface area contributed by atoms with Gasteiger partial charge in [-0.15, -0.1) is 11.3 Å². The zero-order valence-corrected chi connectivity index (χ0v) is 16.3. The van der Waals surface area contributed by atoms with Crippen LogP contribution in [0.5, 0.6) is 0 Å². The predicted molar refractivity (Wildman–Crippen MR) is 105 cm³/mol. The summed E-state index contributed by atoms with van der Waals surface area (Å²) in [5.74, 6) is 0.631. The van der Waals surface area contributed by atoms with E-state index in [1.54, 1.807) is 6.07 Å². The minimum Gasteiger partial charge on any atom is -0.322 e. The number of anilines is 1. The lowest BCUT2D eigenvalue weighted by Gasteiger charge is -2.35. The van der Waals surface area contributed by atoms with Gasteiger partial charge in [-0.25, -0.2) is 0 Å². The fraction of sp³-hybridized carbons (Fsp3) is 0.421. The molecule has 3 nitrogen and oxygen atoms in total. The highest BCUT2D eigenvalue weighted by atomic mass is 35.5. The van der Waals surface area contributed by atoms with Crippen molar-refractivity contribution in [2.75, 3.05) is 18.4 Å². The Morgan fingerprint density at radius 2 is 2.12 bits per heavy atom.